The molecule has 226 valence electrons. The molecule has 1 aromatic rings. The zero-order valence-corrected chi connectivity index (χ0v) is 29.6. The van der Waals surface area contributed by atoms with E-state index in [1.165, 1.54) is 18.4 Å². The maximum Gasteiger partial charge on any atom is 0.192 e. The van der Waals surface area contributed by atoms with Crippen LogP contribution in [0.15, 0.2) is 53.6 Å². The number of benzene rings is 1. The molecule has 1 aliphatic rings. The second-order valence-electron chi connectivity index (χ2n) is 14.9. The Morgan fingerprint density at radius 1 is 0.975 bits per heavy atom. The van der Waals surface area contributed by atoms with Crippen molar-refractivity contribution in [2.24, 2.45) is 5.92 Å². The first-order chi connectivity index (χ1) is 18.3. The van der Waals surface area contributed by atoms with Gasteiger partial charge in [-0.1, -0.05) is 91.3 Å². The number of hydrogen-bond acceptors (Lipinski definition) is 4. The lowest BCUT2D eigenvalue weighted by atomic mass is 9.87. The minimum absolute atomic E-state index is 0.00860. The van der Waals surface area contributed by atoms with Gasteiger partial charge >= 0.3 is 0 Å². The Kier molecular flexibility index (Phi) is 12.4. The molecule has 6 heteroatoms. The number of rotatable bonds is 12. The summed E-state index contributed by atoms with van der Waals surface area (Å²) in [6.07, 6.45) is 8.05. The molecule has 1 fully saturated rings. The summed E-state index contributed by atoms with van der Waals surface area (Å²) in [6, 6.07) is 10.1. The summed E-state index contributed by atoms with van der Waals surface area (Å²) in [7, 11) is -3.81. The molecule has 0 unspecified atom stereocenters. The topological polar surface area (TPSA) is 44.8 Å². The molecule has 1 saturated carbocycles. The van der Waals surface area contributed by atoms with Gasteiger partial charge in [0.25, 0.3) is 0 Å². The summed E-state index contributed by atoms with van der Waals surface area (Å²) in [5, 5.41) is 0.287. The van der Waals surface area contributed by atoms with Crippen molar-refractivity contribution in [3.63, 3.8) is 0 Å². The van der Waals surface area contributed by atoms with Gasteiger partial charge < -0.3 is 13.6 Å². The molecular formula is C34H58O4Si2. The van der Waals surface area contributed by atoms with Crippen molar-refractivity contribution in [2.75, 3.05) is 6.61 Å². The van der Waals surface area contributed by atoms with Gasteiger partial charge in [0.05, 0.1) is 19.3 Å². The van der Waals surface area contributed by atoms with Crippen LogP contribution in [0.4, 0.5) is 0 Å². The van der Waals surface area contributed by atoms with Crippen LogP contribution in [0.2, 0.25) is 36.3 Å². The van der Waals surface area contributed by atoms with Crippen LogP contribution in [0.5, 0.6) is 0 Å². The normalized spacial score (nSPS) is 20.4. The quantitative estimate of drug-likeness (QED) is 0.139. The minimum atomic E-state index is -1.91. The first-order valence-corrected chi connectivity index (χ1v) is 21.0. The van der Waals surface area contributed by atoms with E-state index in [4.69, 9.17) is 13.6 Å². The number of hydrogen-bond donors (Lipinski definition) is 0. The van der Waals surface area contributed by atoms with Crippen LogP contribution in [-0.4, -0.2) is 41.2 Å². The van der Waals surface area contributed by atoms with E-state index in [9.17, 15) is 4.79 Å². The van der Waals surface area contributed by atoms with Crippen molar-refractivity contribution in [2.45, 2.75) is 136 Å². The Morgan fingerprint density at radius 3 is 2.15 bits per heavy atom. The molecular weight excluding hydrogens is 529 g/mol. The lowest BCUT2D eigenvalue weighted by Gasteiger charge is -2.41. The summed E-state index contributed by atoms with van der Waals surface area (Å²) in [5.41, 5.74) is 3.35. The largest absolute Gasteiger partial charge is 0.413 e. The summed E-state index contributed by atoms with van der Waals surface area (Å²) in [6.45, 7) is 27.7. The van der Waals surface area contributed by atoms with Crippen molar-refractivity contribution in [3.8, 4) is 0 Å². The molecule has 1 aliphatic carbocycles. The van der Waals surface area contributed by atoms with Gasteiger partial charge in [-0.25, -0.2) is 0 Å². The molecule has 0 radical (unpaired) electrons. The van der Waals surface area contributed by atoms with Crippen LogP contribution in [0.25, 0.3) is 0 Å². The molecule has 0 saturated heterocycles. The van der Waals surface area contributed by atoms with E-state index in [-0.39, 0.29) is 27.9 Å². The van der Waals surface area contributed by atoms with Crippen molar-refractivity contribution >= 4 is 22.4 Å². The fourth-order valence-corrected chi connectivity index (χ4v) is 6.77. The highest BCUT2D eigenvalue weighted by Gasteiger charge is 2.40. The van der Waals surface area contributed by atoms with Crippen LogP contribution in [0, 0.1) is 5.92 Å². The number of carbonyl (C=O) groups excluding carboxylic acids is 1. The van der Waals surface area contributed by atoms with Crippen LogP contribution in [0.1, 0.15) is 86.6 Å². The molecule has 0 N–H and O–H groups in total. The van der Waals surface area contributed by atoms with Crippen LogP contribution in [0.3, 0.4) is 0 Å². The van der Waals surface area contributed by atoms with Gasteiger partial charge in [-0.05, 0) is 85.2 Å². The molecule has 2 rings (SSSR count). The van der Waals surface area contributed by atoms with Crippen LogP contribution < -0.4 is 0 Å². The van der Waals surface area contributed by atoms with E-state index >= 15 is 0 Å². The molecule has 0 aliphatic heterocycles. The third kappa shape index (κ3) is 10.2. The highest BCUT2D eigenvalue weighted by Crippen LogP contribution is 2.40. The van der Waals surface area contributed by atoms with Crippen LogP contribution in [-0.2, 0) is 25.0 Å². The second kappa shape index (κ2) is 14.2. The van der Waals surface area contributed by atoms with E-state index in [2.05, 4.69) is 80.7 Å². The molecule has 4 nitrogen and oxygen atoms in total. The molecule has 0 aromatic heterocycles. The molecule has 1 aromatic carbocycles. The lowest BCUT2D eigenvalue weighted by molar-refractivity contribution is -0.128. The number of carbonyl (C=O) groups is 1. The minimum Gasteiger partial charge on any atom is -0.413 e. The maximum absolute atomic E-state index is 13.7. The van der Waals surface area contributed by atoms with Gasteiger partial charge in [0.2, 0.25) is 0 Å². The first-order valence-electron chi connectivity index (χ1n) is 15.2. The highest BCUT2D eigenvalue weighted by molar-refractivity contribution is 6.74. The summed E-state index contributed by atoms with van der Waals surface area (Å²) < 4.78 is 19.7. The second-order valence-corrected chi connectivity index (χ2v) is 24.4. The number of ketones is 1. The standard InChI is InChI=1S/C34H58O4Si2/c1-26(24-37-39(9,10)33(3,4)5)22-30(35)32(36-25-28-18-14-13-15-19-28)27(2)23-29-20-16-17-21-31(29)38-40(11,12)34(6,7)8/h13-15,18-19,22-23,27,31-32H,16-17,20-21,24-25H2,1-12H3/b26-22+,29-23-/t27-,31-,32-/m1/s1. The fraction of sp³-hybridized carbons (Fsp3) is 0.676. The Bertz CT molecular complexity index is 1010. The van der Waals surface area contributed by atoms with E-state index in [1.54, 1.807) is 6.08 Å². The van der Waals surface area contributed by atoms with Crippen molar-refractivity contribution in [1.29, 1.82) is 0 Å². The summed E-state index contributed by atoms with van der Waals surface area (Å²) >= 11 is 0. The average Bonchev–Trinajstić information content (AvgIpc) is 2.83. The molecule has 0 bridgehead atoms. The van der Waals surface area contributed by atoms with Gasteiger partial charge in [-0.2, -0.15) is 0 Å². The third-order valence-corrected chi connectivity index (χ3v) is 18.2. The van der Waals surface area contributed by atoms with E-state index in [1.807, 2.05) is 37.3 Å². The SMILES string of the molecule is C/C(=C\C(=O)[C@H](OCc1ccccc1)[C@H](C)/C=C1/CCCC[C@H]1O[Si](C)(C)C(C)(C)C)CO[Si](C)(C)C(C)(C)C. The van der Waals surface area contributed by atoms with Crippen LogP contribution >= 0.6 is 0 Å². The Balaban J connectivity index is 2.28. The van der Waals surface area contributed by atoms with E-state index in [0.29, 0.717) is 13.2 Å². The molecule has 3 atom stereocenters. The third-order valence-electron chi connectivity index (χ3n) is 9.20. The Labute approximate surface area is 248 Å². The predicted molar refractivity (Wildman–Crippen MR) is 175 cm³/mol. The van der Waals surface area contributed by atoms with E-state index < -0.39 is 22.7 Å². The highest BCUT2D eigenvalue weighted by atomic mass is 28.4. The van der Waals surface area contributed by atoms with Crippen molar-refractivity contribution in [1.82, 2.24) is 0 Å². The van der Waals surface area contributed by atoms with Crippen molar-refractivity contribution in [3.05, 3.63) is 59.2 Å². The average molecular weight is 587 g/mol. The van der Waals surface area contributed by atoms with Gasteiger partial charge in [0.15, 0.2) is 22.4 Å². The lowest BCUT2D eigenvalue weighted by Crippen LogP contribution is -2.45. The number of ether oxygens (including phenoxy) is 1. The Hall–Kier alpha value is -1.32. The first kappa shape index (κ1) is 34.9. The van der Waals surface area contributed by atoms with Gasteiger partial charge in [0.1, 0.15) is 6.10 Å². The molecule has 0 amide bonds. The fourth-order valence-electron chi connectivity index (χ4n) is 4.42. The molecule has 40 heavy (non-hydrogen) atoms. The predicted octanol–water partition coefficient (Wildman–Crippen LogP) is 9.64. The zero-order chi connectivity index (χ0) is 30.4. The van der Waals surface area contributed by atoms with Gasteiger partial charge in [-0.15, -0.1) is 0 Å². The van der Waals surface area contributed by atoms with E-state index in [0.717, 1.165) is 24.0 Å². The zero-order valence-electron chi connectivity index (χ0n) is 27.6. The monoisotopic (exact) mass is 586 g/mol. The maximum atomic E-state index is 13.7. The molecule has 0 spiro atoms. The van der Waals surface area contributed by atoms with Crippen molar-refractivity contribution < 1.29 is 18.4 Å². The Morgan fingerprint density at radius 2 is 1.57 bits per heavy atom. The summed E-state index contributed by atoms with van der Waals surface area (Å²) in [5.74, 6) is -0.0607. The van der Waals surface area contributed by atoms with Gasteiger partial charge in [-0.3, -0.25) is 4.79 Å². The summed E-state index contributed by atoms with van der Waals surface area (Å²) in [4.78, 5) is 13.7. The molecule has 0 heterocycles. The smallest absolute Gasteiger partial charge is 0.192 e. The van der Waals surface area contributed by atoms with Gasteiger partial charge in [0, 0.05) is 5.92 Å².